The molecule has 0 heterocycles. The smallest absolute Gasteiger partial charge is 0.424 e. The summed E-state index contributed by atoms with van der Waals surface area (Å²) in [6, 6.07) is 0. The quantitative estimate of drug-likeness (QED) is 0.225. The van der Waals surface area contributed by atoms with E-state index in [0.717, 1.165) is 38.6 Å². The van der Waals surface area contributed by atoms with Crippen LogP contribution in [0.25, 0.3) is 0 Å². The molecule has 154 valence electrons. The Labute approximate surface area is 160 Å². The highest BCUT2D eigenvalue weighted by Gasteiger charge is 2.13. The molecule has 0 aromatic carbocycles. The van der Waals surface area contributed by atoms with Gasteiger partial charge in [-0.25, -0.2) is 15.2 Å². The van der Waals surface area contributed by atoms with Crippen LogP contribution in [0, 0.1) is 0 Å². The molecule has 6 nitrogen and oxygen atoms in total. The first-order chi connectivity index (χ1) is 12.7. The third kappa shape index (κ3) is 15.0. The summed E-state index contributed by atoms with van der Waals surface area (Å²) in [5.41, 5.74) is 3.21. The summed E-state index contributed by atoms with van der Waals surface area (Å²) in [5, 5.41) is 1.60. The van der Waals surface area contributed by atoms with Crippen LogP contribution in [-0.4, -0.2) is 43.4 Å². The number of carbonyl (C=O) groups is 2. The number of hydrogen-bond donors (Lipinski definition) is 1. The molecular formula is C20H40N2O4. The average Bonchev–Trinajstić information content (AvgIpc) is 2.62. The summed E-state index contributed by atoms with van der Waals surface area (Å²) in [6.45, 7) is 8.11. The van der Waals surface area contributed by atoms with Crippen molar-refractivity contribution in [2.24, 2.45) is 0 Å². The molecule has 26 heavy (non-hydrogen) atoms. The Balaban J connectivity index is 3.86. The molecule has 0 aromatic heterocycles. The number of hydrazine groups is 1. The van der Waals surface area contributed by atoms with Crippen molar-refractivity contribution >= 4 is 12.1 Å². The first-order valence-electron chi connectivity index (χ1n) is 10.5. The maximum atomic E-state index is 12.0. The molecule has 0 spiro atoms. The van der Waals surface area contributed by atoms with E-state index in [1.165, 1.54) is 32.1 Å². The first kappa shape index (κ1) is 24.7. The summed E-state index contributed by atoms with van der Waals surface area (Å²) in [5.74, 6) is -0.124. The van der Waals surface area contributed by atoms with Gasteiger partial charge in [0.05, 0.1) is 13.2 Å². The average molecular weight is 373 g/mol. The van der Waals surface area contributed by atoms with Gasteiger partial charge in [0, 0.05) is 19.5 Å². The zero-order valence-electron chi connectivity index (χ0n) is 17.2. The highest BCUT2D eigenvalue weighted by Crippen LogP contribution is 2.07. The van der Waals surface area contributed by atoms with Gasteiger partial charge >= 0.3 is 12.1 Å². The van der Waals surface area contributed by atoms with E-state index in [1.807, 2.05) is 13.8 Å². The zero-order valence-corrected chi connectivity index (χ0v) is 17.2. The van der Waals surface area contributed by atoms with Crippen molar-refractivity contribution in [1.29, 1.82) is 0 Å². The third-order valence-corrected chi connectivity index (χ3v) is 4.14. The fourth-order valence-electron chi connectivity index (χ4n) is 2.68. The van der Waals surface area contributed by atoms with Gasteiger partial charge in [0.25, 0.3) is 0 Å². The zero-order chi connectivity index (χ0) is 19.5. The number of nitrogens with one attached hydrogen (secondary N) is 1. The molecule has 0 saturated carbocycles. The van der Waals surface area contributed by atoms with Crippen molar-refractivity contribution in [2.45, 2.75) is 91.4 Å². The minimum Gasteiger partial charge on any atom is -0.466 e. The molecule has 0 radical (unpaired) electrons. The minimum absolute atomic E-state index is 0.124. The highest BCUT2D eigenvalue weighted by atomic mass is 16.6. The molecule has 0 rings (SSSR count). The molecule has 0 aromatic rings. The Kier molecular flexibility index (Phi) is 17.6. The number of rotatable bonds is 17. The largest absolute Gasteiger partial charge is 0.466 e. The summed E-state index contributed by atoms with van der Waals surface area (Å²) in [4.78, 5) is 23.3. The van der Waals surface area contributed by atoms with Crippen molar-refractivity contribution in [3.05, 3.63) is 0 Å². The molecule has 0 fully saturated rings. The van der Waals surface area contributed by atoms with Crippen molar-refractivity contribution < 1.29 is 19.1 Å². The van der Waals surface area contributed by atoms with Crippen LogP contribution >= 0.6 is 0 Å². The van der Waals surface area contributed by atoms with Gasteiger partial charge in [0.2, 0.25) is 0 Å². The summed E-state index contributed by atoms with van der Waals surface area (Å²) in [7, 11) is 0. The van der Waals surface area contributed by atoms with Gasteiger partial charge in [-0.3, -0.25) is 4.79 Å². The number of esters is 1. The van der Waals surface area contributed by atoms with Gasteiger partial charge in [0.1, 0.15) is 0 Å². The van der Waals surface area contributed by atoms with E-state index in [9.17, 15) is 9.59 Å². The van der Waals surface area contributed by atoms with E-state index < -0.39 is 0 Å². The topological polar surface area (TPSA) is 67.9 Å². The van der Waals surface area contributed by atoms with Gasteiger partial charge in [-0.15, -0.1) is 0 Å². The molecule has 0 saturated heterocycles. The molecule has 0 unspecified atom stereocenters. The van der Waals surface area contributed by atoms with Crippen molar-refractivity contribution in [3.63, 3.8) is 0 Å². The number of carbonyl (C=O) groups excluding carboxylic acids is 2. The van der Waals surface area contributed by atoms with Crippen molar-refractivity contribution in [3.8, 4) is 0 Å². The monoisotopic (exact) mass is 372 g/mol. The van der Waals surface area contributed by atoms with Gasteiger partial charge in [-0.1, -0.05) is 51.9 Å². The normalized spacial score (nSPS) is 10.6. The standard InChI is InChI=1S/C20H40N2O4/c1-4-7-8-9-11-14-17-21-22(20(24)26-6-3)18-15-12-10-13-16-19(23)25-5-2/h21H,4-18H2,1-3H3. The Morgan fingerprint density at radius 3 is 2.08 bits per heavy atom. The second-order valence-electron chi connectivity index (χ2n) is 6.50. The Morgan fingerprint density at radius 1 is 0.769 bits per heavy atom. The molecule has 0 aliphatic carbocycles. The second kappa shape index (κ2) is 18.5. The molecule has 6 heteroatoms. The van der Waals surface area contributed by atoms with Crippen LogP contribution in [0.2, 0.25) is 0 Å². The SMILES string of the molecule is CCCCCCCCNN(CCCCCCC(=O)OCC)C(=O)OCC. The molecule has 1 amide bonds. The molecule has 1 N–H and O–H groups in total. The highest BCUT2D eigenvalue weighted by molar-refractivity contribution is 5.69. The Bertz CT molecular complexity index is 351. The number of hydrogen-bond acceptors (Lipinski definition) is 5. The van der Waals surface area contributed by atoms with E-state index in [4.69, 9.17) is 9.47 Å². The van der Waals surface area contributed by atoms with Gasteiger partial charge in [-0.05, 0) is 33.1 Å². The fraction of sp³-hybridized carbons (Fsp3) is 0.900. The number of amides is 1. The molecule has 0 aliphatic heterocycles. The Morgan fingerprint density at radius 2 is 1.38 bits per heavy atom. The lowest BCUT2D eigenvalue weighted by Gasteiger charge is -2.22. The van der Waals surface area contributed by atoms with Crippen LogP contribution in [0.3, 0.4) is 0 Å². The second-order valence-corrected chi connectivity index (χ2v) is 6.50. The summed E-state index contributed by atoms with van der Waals surface area (Å²) in [6.07, 6.45) is 11.2. The maximum absolute atomic E-state index is 12.0. The van der Waals surface area contributed by atoms with Crippen LogP contribution in [0.15, 0.2) is 0 Å². The van der Waals surface area contributed by atoms with Gasteiger partial charge in [0.15, 0.2) is 0 Å². The number of nitrogens with zero attached hydrogens (tertiary/aromatic N) is 1. The van der Waals surface area contributed by atoms with Crippen LogP contribution in [-0.2, 0) is 14.3 Å². The summed E-state index contributed by atoms with van der Waals surface area (Å²) >= 11 is 0. The van der Waals surface area contributed by atoms with Crippen molar-refractivity contribution in [2.75, 3.05) is 26.3 Å². The molecule has 0 aliphatic rings. The lowest BCUT2D eigenvalue weighted by Crippen LogP contribution is -2.44. The maximum Gasteiger partial charge on any atom is 0.424 e. The predicted molar refractivity (Wildman–Crippen MR) is 105 cm³/mol. The predicted octanol–water partition coefficient (Wildman–Crippen LogP) is 4.82. The lowest BCUT2D eigenvalue weighted by molar-refractivity contribution is -0.143. The fourth-order valence-corrected chi connectivity index (χ4v) is 2.68. The lowest BCUT2D eigenvalue weighted by atomic mass is 10.1. The van der Waals surface area contributed by atoms with E-state index in [-0.39, 0.29) is 12.1 Å². The Hall–Kier alpha value is -1.30. The van der Waals surface area contributed by atoms with Crippen molar-refractivity contribution in [1.82, 2.24) is 10.4 Å². The number of ether oxygens (including phenoxy) is 2. The van der Waals surface area contributed by atoms with E-state index in [0.29, 0.717) is 26.2 Å². The first-order valence-corrected chi connectivity index (χ1v) is 10.5. The molecule has 0 atom stereocenters. The van der Waals surface area contributed by atoms with Gasteiger partial charge < -0.3 is 9.47 Å². The van der Waals surface area contributed by atoms with E-state index in [1.54, 1.807) is 5.01 Å². The van der Waals surface area contributed by atoms with Crippen LogP contribution < -0.4 is 5.43 Å². The van der Waals surface area contributed by atoms with Gasteiger partial charge in [-0.2, -0.15) is 0 Å². The van der Waals surface area contributed by atoms with Crippen LogP contribution in [0.5, 0.6) is 0 Å². The minimum atomic E-state index is -0.301. The molecular weight excluding hydrogens is 332 g/mol. The summed E-state index contributed by atoms with van der Waals surface area (Å²) < 4.78 is 10.0. The van der Waals surface area contributed by atoms with Crippen LogP contribution in [0.1, 0.15) is 91.4 Å². The third-order valence-electron chi connectivity index (χ3n) is 4.14. The van der Waals surface area contributed by atoms with Crippen LogP contribution in [0.4, 0.5) is 4.79 Å². The van der Waals surface area contributed by atoms with E-state index in [2.05, 4.69) is 12.3 Å². The number of unbranched alkanes of at least 4 members (excludes halogenated alkanes) is 8. The molecule has 0 bridgehead atoms. The van der Waals surface area contributed by atoms with E-state index >= 15 is 0 Å².